The number of carbonyl (C=O) groups is 1. The highest BCUT2D eigenvalue weighted by molar-refractivity contribution is 9.10. The molecule has 6 heteroatoms. The van der Waals surface area contributed by atoms with E-state index in [-0.39, 0.29) is 5.91 Å². The SMILES string of the molecule is Cc1cc([C@@H]2CCCN(C(=O)c3cc(Br)c[nH]3)C2)n[nH]1. The van der Waals surface area contributed by atoms with Crippen LogP contribution in [0.1, 0.15) is 40.6 Å². The number of nitrogens with zero attached hydrogens (tertiary/aromatic N) is 2. The molecule has 0 radical (unpaired) electrons. The van der Waals surface area contributed by atoms with E-state index >= 15 is 0 Å². The van der Waals surface area contributed by atoms with Crippen LogP contribution in [0.3, 0.4) is 0 Å². The Bertz CT molecular complexity index is 618. The second-order valence-electron chi connectivity index (χ2n) is 5.30. The Balaban J connectivity index is 1.73. The van der Waals surface area contributed by atoms with Gasteiger partial charge < -0.3 is 9.88 Å². The van der Waals surface area contributed by atoms with Crippen molar-refractivity contribution in [3.8, 4) is 0 Å². The second kappa shape index (κ2) is 5.44. The molecule has 0 saturated carbocycles. The summed E-state index contributed by atoms with van der Waals surface area (Å²) in [4.78, 5) is 17.4. The van der Waals surface area contributed by atoms with Gasteiger partial charge in [-0.25, -0.2) is 0 Å². The van der Waals surface area contributed by atoms with Crippen LogP contribution in [0, 0.1) is 6.92 Å². The number of aryl methyl sites for hydroxylation is 1. The van der Waals surface area contributed by atoms with Crippen LogP contribution in [0.2, 0.25) is 0 Å². The maximum absolute atomic E-state index is 12.4. The Morgan fingerprint density at radius 1 is 1.50 bits per heavy atom. The summed E-state index contributed by atoms with van der Waals surface area (Å²) in [5.74, 6) is 0.392. The summed E-state index contributed by atoms with van der Waals surface area (Å²) in [6.07, 6.45) is 3.89. The minimum atomic E-state index is 0.0626. The molecular formula is C14H17BrN4O. The highest BCUT2D eigenvalue weighted by Crippen LogP contribution is 2.27. The highest BCUT2D eigenvalue weighted by Gasteiger charge is 2.27. The maximum Gasteiger partial charge on any atom is 0.270 e. The zero-order valence-electron chi connectivity index (χ0n) is 11.3. The number of likely N-dealkylation sites (tertiary alicyclic amines) is 1. The number of rotatable bonds is 2. The van der Waals surface area contributed by atoms with Crippen molar-refractivity contribution in [1.82, 2.24) is 20.1 Å². The molecule has 20 heavy (non-hydrogen) atoms. The number of aromatic nitrogens is 3. The predicted octanol–water partition coefficient (Wildman–Crippen LogP) is 2.83. The molecule has 1 aliphatic rings. The van der Waals surface area contributed by atoms with Gasteiger partial charge in [0.25, 0.3) is 5.91 Å². The minimum absolute atomic E-state index is 0.0626. The van der Waals surface area contributed by atoms with Gasteiger partial charge in [0.05, 0.1) is 5.69 Å². The molecule has 2 N–H and O–H groups in total. The van der Waals surface area contributed by atoms with Crippen molar-refractivity contribution in [1.29, 1.82) is 0 Å². The van der Waals surface area contributed by atoms with Gasteiger partial charge >= 0.3 is 0 Å². The van der Waals surface area contributed by atoms with E-state index in [1.807, 2.05) is 17.9 Å². The van der Waals surface area contributed by atoms with E-state index in [1.54, 1.807) is 6.20 Å². The van der Waals surface area contributed by atoms with Crippen LogP contribution in [0.5, 0.6) is 0 Å². The van der Waals surface area contributed by atoms with Crippen molar-refractivity contribution in [2.45, 2.75) is 25.7 Å². The first-order valence-corrected chi connectivity index (χ1v) is 7.58. The van der Waals surface area contributed by atoms with Gasteiger partial charge in [0.2, 0.25) is 0 Å². The van der Waals surface area contributed by atoms with E-state index in [0.717, 1.165) is 41.8 Å². The third-order valence-electron chi connectivity index (χ3n) is 3.73. The third kappa shape index (κ3) is 2.65. The fourth-order valence-corrected chi connectivity index (χ4v) is 3.06. The number of halogens is 1. The molecule has 0 aliphatic carbocycles. The minimum Gasteiger partial charge on any atom is -0.356 e. The zero-order valence-corrected chi connectivity index (χ0v) is 12.9. The number of amides is 1. The van der Waals surface area contributed by atoms with Crippen LogP contribution in [0.25, 0.3) is 0 Å². The molecule has 0 aromatic carbocycles. The van der Waals surface area contributed by atoms with Gasteiger partial charge in [0, 0.05) is 35.4 Å². The summed E-state index contributed by atoms with van der Waals surface area (Å²) < 4.78 is 0.900. The molecule has 1 fully saturated rings. The molecule has 1 aliphatic heterocycles. The average Bonchev–Trinajstić information content (AvgIpc) is 3.07. The Morgan fingerprint density at radius 3 is 3.00 bits per heavy atom. The van der Waals surface area contributed by atoms with Crippen LogP contribution >= 0.6 is 15.9 Å². The van der Waals surface area contributed by atoms with Gasteiger partial charge in [-0.1, -0.05) is 0 Å². The molecule has 0 unspecified atom stereocenters. The third-order valence-corrected chi connectivity index (χ3v) is 4.19. The first-order chi connectivity index (χ1) is 9.63. The van der Waals surface area contributed by atoms with E-state index in [1.165, 1.54) is 0 Å². The fourth-order valence-electron chi connectivity index (χ4n) is 2.71. The quantitative estimate of drug-likeness (QED) is 0.885. The summed E-state index contributed by atoms with van der Waals surface area (Å²) in [6, 6.07) is 3.90. The van der Waals surface area contributed by atoms with Crippen LogP contribution in [-0.4, -0.2) is 39.1 Å². The van der Waals surface area contributed by atoms with Gasteiger partial charge in [-0.15, -0.1) is 0 Å². The lowest BCUT2D eigenvalue weighted by molar-refractivity contribution is 0.0700. The maximum atomic E-state index is 12.4. The van der Waals surface area contributed by atoms with Gasteiger partial charge in [-0.05, 0) is 47.8 Å². The molecular weight excluding hydrogens is 320 g/mol. The van der Waals surface area contributed by atoms with Crippen LogP contribution in [0.15, 0.2) is 22.8 Å². The summed E-state index contributed by atoms with van der Waals surface area (Å²) in [5, 5.41) is 7.31. The van der Waals surface area contributed by atoms with E-state index in [4.69, 9.17) is 0 Å². The van der Waals surface area contributed by atoms with Crippen molar-refractivity contribution in [3.05, 3.63) is 39.9 Å². The number of aromatic amines is 2. The molecule has 1 atom stereocenters. The molecule has 106 valence electrons. The Hall–Kier alpha value is -1.56. The van der Waals surface area contributed by atoms with E-state index < -0.39 is 0 Å². The van der Waals surface area contributed by atoms with Crippen LogP contribution in [-0.2, 0) is 0 Å². The van der Waals surface area contributed by atoms with Crippen LogP contribution < -0.4 is 0 Å². The lowest BCUT2D eigenvalue weighted by atomic mass is 9.94. The molecule has 1 amide bonds. The Morgan fingerprint density at radius 2 is 2.35 bits per heavy atom. The molecule has 1 saturated heterocycles. The molecule has 3 heterocycles. The molecule has 2 aromatic rings. The average molecular weight is 337 g/mol. The van der Waals surface area contributed by atoms with E-state index in [2.05, 4.69) is 37.2 Å². The Kier molecular flexibility index (Phi) is 3.65. The van der Waals surface area contributed by atoms with Crippen molar-refractivity contribution < 1.29 is 4.79 Å². The number of nitrogens with one attached hydrogen (secondary N) is 2. The molecule has 0 spiro atoms. The largest absolute Gasteiger partial charge is 0.356 e. The Labute approximate surface area is 125 Å². The topological polar surface area (TPSA) is 64.8 Å². The van der Waals surface area contributed by atoms with E-state index in [0.29, 0.717) is 11.6 Å². The van der Waals surface area contributed by atoms with Gasteiger partial charge in [-0.3, -0.25) is 9.89 Å². The first kappa shape index (κ1) is 13.4. The first-order valence-electron chi connectivity index (χ1n) is 6.78. The summed E-state index contributed by atoms with van der Waals surface area (Å²) >= 11 is 3.36. The molecule has 0 bridgehead atoms. The van der Waals surface area contributed by atoms with Crippen molar-refractivity contribution in [2.24, 2.45) is 0 Å². The highest BCUT2D eigenvalue weighted by atomic mass is 79.9. The van der Waals surface area contributed by atoms with Gasteiger partial charge in [0.15, 0.2) is 0 Å². The normalized spacial score (nSPS) is 19.3. The zero-order chi connectivity index (χ0) is 14.1. The summed E-state index contributed by atoms with van der Waals surface area (Å²) in [5.41, 5.74) is 2.76. The van der Waals surface area contributed by atoms with Gasteiger partial charge in [-0.2, -0.15) is 5.10 Å². The van der Waals surface area contributed by atoms with Gasteiger partial charge in [0.1, 0.15) is 5.69 Å². The number of H-pyrrole nitrogens is 2. The monoisotopic (exact) mass is 336 g/mol. The van der Waals surface area contributed by atoms with E-state index in [9.17, 15) is 4.79 Å². The van der Waals surface area contributed by atoms with Crippen molar-refractivity contribution in [2.75, 3.05) is 13.1 Å². The molecule has 2 aromatic heterocycles. The standard InChI is InChI=1S/C14H17BrN4O/c1-9-5-12(18-17-9)10-3-2-4-19(8-10)14(20)13-6-11(15)7-16-13/h5-7,10,16H,2-4,8H2,1H3,(H,17,18)/t10-/m1/s1. The lowest BCUT2D eigenvalue weighted by Crippen LogP contribution is -2.39. The summed E-state index contributed by atoms with van der Waals surface area (Å²) in [6.45, 7) is 3.55. The smallest absolute Gasteiger partial charge is 0.270 e. The van der Waals surface area contributed by atoms with Crippen molar-refractivity contribution >= 4 is 21.8 Å². The predicted molar refractivity (Wildman–Crippen MR) is 79.7 cm³/mol. The number of piperidine rings is 1. The van der Waals surface area contributed by atoms with Crippen molar-refractivity contribution in [3.63, 3.8) is 0 Å². The molecule has 3 rings (SSSR count). The fraction of sp³-hybridized carbons (Fsp3) is 0.429. The van der Waals surface area contributed by atoms with Crippen LogP contribution in [0.4, 0.5) is 0 Å². The number of hydrogen-bond donors (Lipinski definition) is 2. The molecule has 5 nitrogen and oxygen atoms in total. The second-order valence-corrected chi connectivity index (χ2v) is 6.21. The number of hydrogen-bond acceptors (Lipinski definition) is 2. The number of carbonyl (C=O) groups excluding carboxylic acids is 1. The lowest BCUT2D eigenvalue weighted by Gasteiger charge is -2.31. The summed E-state index contributed by atoms with van der Waals surface area (Å²) in [7, 11) is 0.